The van der Waals surface area contributed by atoms with Gasteiger partial charge in [0.05, 0.1) is 53.8 Å². The molecule has 0 fully saturated rings. The van der Waals surface area contributed by atoms with Gasteiger partial charge in [-0.1, -0.05) is 35.6 Å². The maximum Gasteiger partial charge on any atom is 0.338 e. The Bertz CT molecular complexity index is 2390. The normalized spacial score (nSPS) is 14.1. The highest BCUT2D eigenvalue weighted by Gasteiger charge is 2.34. The third-order valence-electron chi connectivity index (χ3n) is 7.88. The number of aromatic nitrogens is 3. The standard InChI is InChI=1S/C35H29N5O9S/c1-19-30(34(43)48-5)32(22-12-14-27(49-20(2)41)28(16-22)47-4)39-33(42)29(50-35(39)36-19)17-23-18-38(24-9-7-6-8-10-24)37-31(23)21-11-13-26(46-3)25(15-21)40(44)45/h6-18,32H,1-5H3/b29-17+/t32-/m0/s1. The number of hydrogen-bond acceptors (Lipinski definition) is 12. The van der Waals surface area contributed by atoms with E-state index >= 15 is 0 Å². The highest BCUT2D eigenvalue weighted by Crippen LogP contribution is 2.37. The maximum absolute atomic E-state index is 14.4. The van der Waals surface area contributed by atoms with Gasteiger partial charge in [0.25, 0.3) is 5.56 Å². The first kappa shape index (κ1) is 33.5. The van der Waals surface area contributed by atoms with E-state index in [1.807, 2.05) is 30.3 Å². The summed E-state index contributed by atoms with van der Waals surface area (Å²) in [6, 6.07) is 17.5. The van der Waals surface area contributed by atoms with Gasteiger partial charge in [-0.15, -0.1) is 0 Å². The third-order valence-corrected chi connectivity index (χ3v) is 8.87. The molecular weight excluding hydrogens is 666 g/mol. The first-order chi connectivity index (χ1) is 24.0. The SMILES string of the molecule is COC(=O)C1=C(C)N=c2s/c(=C/c3cn(-c4ccccc4)nc3-c3ccc(OC)c([N+](=O)[O-])c3)c(=O)n2[C@H]1c1ccc(OC(C)=O)c(OC)c1. The van der Waals surface area contributed by atoms with Gasteiger partial charge >= 0.3 is 17.6 Å². The van der Waals surface area contributed by atoms with Gasteiger partial charge in [0.15, 0.2) is 22.0 Å². The first-order valence-electron chi connectivity index (χ1n) is 15.0. The Kier molecular flexibility index (Phi) is 9.15. The predicted molar refractivity (Wildman–Crippen MR) is 182 cm³/mol. The van der Waals surface area contributed by atoms with Crippen molar-refractivity contribution in [2.45, 2.75) is 19.9 Å². The Balaban J connectivity index is 1.57. The molecule has 50 heavy (non-hydrogen) atoms. The molecule has 0 amide bonds. The summed E-state index contributed by atoms with van der Waals surface area (Å²) < 4.78 is 24.3. The number of carbonyl (C=O) groups is 2. The molecule has 1 aliphatic rings. The summed E-state index contributed by atoms with van der Waals surface area (Å²) in [7, 11) is 4.00. The fraction of sp³-hybridized carbons (Fsp3) is 0.171. The summed E-state index contributed by atoms with van der Waals surface area (Å²) in [5.41, 5.74) is 2.27. The number of hydrogen-bond donors (Lipinski definition) is 0. The summed E-state index contributed by atoms with van der Waals surface area (Å²) >= 11 is 1.10. The summed E-state index contributed by atoms with van der Waals surface area (Å²) in [6.07, 6.45) is 3.36. The molecule has 0 radical (unpaired) electrons. The summed E-state index contributed by atoms with van der Waals surface area (Å²) in [4.78, 5) is 55.5. The molecule has 254 valence electrons. The Morgan fingerprint density at radius 3 is 2.36 bits per heavy atom. The molecule has 3 aromatic carbocycles. The van der Waals surface area contributed by atoms with Crippen molar-refractivity contribution in [3.8, 4) is 34.2 Å². The lowest BCUT2D eigenvalue weighted by Gasteiger charge is -2.25. The van der Waals surface area contributed by atoms with E-state index in [9.17, 15) is 24.5 Å². The van der Waals surface area contributed by atoms with Crippen LogP contribution in [0, 0.1) is 10.1 Å². The molecule has 0 bridgehead atoms. The van der Waals surface area contributed by atoms with Crippen LogP contribution in [0.25, 0.3) is 23.0 Å². The predicted octanol–water partition coefficient (Wildman–Crippen LogP) is 4.11. The van der Waals surface area contributed by atoms with Gasteiger partial charge in [-0.3, -0.25) is 24.3 Å². The van der Waals surface area contributed by atoms with Crippen molar-refractivity contribution >= 4 is 35.0 Å². The van der Waals surface area contributed by atoms with Crippen LogP contribution < -0.4 is 29.1 Å². The molecule has 5 aromatic rings. The number of rotatable bonds is 9. The van der Waals surface area contributed by atoms with Gasteiger partial charge in [-0.2, -0.15) is 5.10 Å². The monoisotopic (exact) mass is 695 g/mol. The minimum absolute atomic E-state index is 0.0883. The van der Waals surface area contributed by atoms with E-state index < -0.39 is 28.5 Å². The van der Waals surface area contributed by atoms with Crippen LogP contribution in [-0.2, 0) is 14.3 Å². The fourth-order valence-electron chi connectivity index (χ4n) is 5.65. The smallest absolute Gasteiger partial charge is 0.338 e. The van der Waals surface area contributed by atoms with Crippen LogP contribution in [0.2, 0.25) is 0 Å². The van der Waals surface area contributed by atoms with E-state index in [-0.39, 0.29) is 33.0 Å². The van der Waals surface area contributed by atoms with Gasteiger partial charge < -0.3 is 18.9 Å². The first-order valence-corrected chi connectivity index (χ1v) is 15.8. The van der Waals surface area contributed by atoms with E-state index in [0.717, 1.165) is 17.0 Å². The van der Waals surface area contributed by atoms with Crippen molar-refractivity contribution in [2.75, 3.05) is 21.3 Å². The van der Waals surface area contributed by atoms with Gasteiger partial charge in [0.2, 0.25) is 0 Å². The number of benzene rings is 3. The summed E-state index contributed by atoms with van der Waals surface area (Å²) in [5, 5.41) is 16.6. The number of fused-ring (bicyclic) bond motifs is 1. The maximum atomic E-state index is 14.4. The van der Waals surface area contributed by atoms with E-state index in [0.29, 0.717) is 32.9 Å². The van der Waals surface area contributed by atoms with E-state index in [2.05, 4.69) is 4.99 Å². The Labute approximate surface area is 287 Å². The van der Waals surface area contributed by atoms with Crippen LogP contribution in [0.1, 0.15) is 31.0 Å². The lowest BCUT2D eigenvalue weighted by atomic mass is 9.95. The highest BCUT2D eigenvalue weighted by molar-refractivity contribution is 7.07. The molecule has 14 nitrogen and oxygen atoms in total. The number of esters is 2. The van der Waals surface area contributed by atoms with Crippen molar-refractivity contribution < 1.29 is 33.5 Å². The fourth-order valence-corrected chi connectivity index (χ4v) is 6.69. The Morgan fingerprint density at radius 2 is 1.70 bits per heavy atom. The Morgan fingerprint density at radius 1 is 0.980 bits per heavy atom. The number of para-hydroxylation sites is 1. The van der Waals surface area contributed by atoms with Gasteiger partial charge in [-0.05, 0) is 55.0 Å². The zero-order chi connectivity index (χ0) is 35.7. The molecule has 0 aliphatic carbocycles. The summed E-state index contributed by atoms with van der Waals surface area (Å²) in [5.74, 6) is -0.760. The quantitative estimate of drug-likeness (QED) is 0.0948. The summed E-state index contributed by atoms with van der Waals surface area (Å²) in [6.45, 7) is 2.91. The number of allylic oxidation sites excluding steroid dienone is 1. The minimum Gasteiger partial charge on any atom is -0.493 e. The zero-order valence-electron chi connectivity index (χ0n) is 27.4. The molecule has 15 heteroatoms. The van der Waals surface area contributed by atoms with Crippen LogP contribution in [0.3, 0.4) is 0 Å². The van der Waals surface area contributed by atoms with Crippen molar-refractivity contribution in [3.63, 3.8) is 0 Å². The van der Waals surface area contributed by atoms with Crippen molar-refractivity contribution in [1.29, 1.82) is 0 Å². The molecule has 0 saturated heterocycles. The van der Waals surface area contributed by atoms with Crippen molar-refractivity contribution in [1.82, 2.24) is 14.3 Å². The van der Waals surface area contributed by atoms with Crippen LogP contribution in [0.15, 0.2) is 94.0 Å². The van der Waals surface area contributed by atoms with E-state index in [4.69, 9.17) is 24.0 Å². The topological polar surface area (TPSA) is 166 Å². The van der Waals surface area contributed by atoms with Gasteiger partial charge in [0.1, 0.15) is 5.69 Å². The number of carbonyl (C=O) groups excluding carboxylic acids is 2. The second-order valence-corrected chi connectivity index (χ2v) is 11.9. The lowest BCUT2D eigenvalue weighted by Crippen LogP contribution is -2.39. The molecule has 6 rings (SSSR count). The highest BCUT2D eigenvalue weighted by atomic mass is 32.1. The molecule has 0 spiro atoms. The molecule has 2 aromatic heterocycles. The van der Waals surface area contributed by atoms with Gasteiger partial charge in [0, 0.05) is 30.3 Å². The number of nitro groups is 1. The number of ether oxygens (including phenoxy) is 4. The second-order valence-electron chi connectivity index (χ2n) is 10.9. The zero-order valence-corrected chi connectivity index (χ0v) is 28.2. The third kappa shape index (κ3) is 6.17. The molecule has 0 saturated carbocycles. The number of thiazole rings is 1. The van der Waals surface area contributed by atoms with Crippen LogP contribution in [-0.4, -0.2) is 52.5 Å². The molecule has 0 N–H and O–H groups in total. The van der Waals surface area contributed by atoms with Crippen molar-refractivity contribution in [3.05, 3.63) is 125 Å². The molecule has 1 aliphatic heterocycles. The average molecular weight is 696 g/mol. The number of nitro benzene ring substituents is 1. The molecule has 0 unspecified atom stereocenters. The number of methoxy groups -OCH3 is 3. The van der Waals surface area contributed by atoms with Crippen LogP contribution in [0.5, 0.6) is 17.2 Å². The van der Waals surface area contributed by atoms with Gasteiger partial charge in [-0.25, -0.2) is 14.5 Å². The average Bonchev–Trinajstić information content (AvgIpc) is 3.67. The Hall–Kier alpha value is -6.35. The molecule has 1 atom stereocenters. The minimum atomic E-state index is -0.975. The van der Waals surface area contributed by atoms with Crippen molar-refractivity contribution in [2.24, 2.45) is 4.99 Å². The van der Waals surface area contributed by atoms with E-state index in [1.165, 1.54) is 51.0 Å². The largest absolute Gasteiger partial charge is 0.493 e. The molecule has 3 heterocycles. The van der Waals surface area contributed by atoms with Crippen LogP contribution in [0.4, 0.5) is 5.69 Å². The lowest BCUT2D eigenvalue weighted by molar-refractivity contribution is -0.385. The molecular formula is C35H29N5O9S. The van der Waals surface area contributed by atoms with E-state index in [1.54, 1.807) is 42.1 Å². The van der Waals surface area contributed by atoms with Crippen LogP contribution >= 0.6 is 11.3 Å². The number of nitrogens with zero attached hydrogens (tertiary/aromatic N) is 5. The second kappa shape index (κ2) is 13.6.